The van der Waals surface area contributed by atoms with Gasteiger partial charge in [-0.1, -0.05) is 0 Å². The molecule has 4 heterocycles. The van der Waals surface area contributed by atoms with Crippen LogP contribution in [-0.4, -0.2) is 32.6 Å². The van der Waals surface area contributed by atoms with Gasteiger partial charge in [0, 0.05) is 18.9 Å². The Kier molecular flexibility index (Phi) is 4.44. The van der Waals surface area contributed by atoms with Crippen LogP contribution in [0.1, 0.15) is 24.8 Å². The van der Waals surface area contributed by atoms with Crippen molar-refractivity contribution in [2.45, 2.75) is 24.9 Å². The molecule has 0 radical (unpaired) electrons. The molecule has 2 N–H and O–H groups in total. The van der Waals surface area contributed by atoms with Crippen molar-refractivity contribution in [3.05, 3.63) is 48.1 Å². The van der Waals surface area contributed by atoms with Crippen molar-refractivity contribution < 1.29 is 22.4 Å². The lowest BCUT2D eigenvalue weighted by Gasteiger charge is -2.14. The maximum absolute atomic E-state index is 12.7. The number of nitrogens with one attached hydrogen (secondary N) is 2. The Morgan fingerprint density at radius 3 is 2.69 bits per heavy atom. The van der Waals surface area contributed by atoms with Crippen LogP contribution >= 0.6 is 0 Å². The summed E-state index contributed by atoms with van der Waals surface area (Å²) < 4.78 is 43.8. The Labute approximate surface area is 162 Å². The Balaban J connectivity index is 1.62. The molecule has 1 aliphatic rings. The number of halogens is 3. The van der Waals surface area contributed by atoms with Crippen LogP contribution in [0.25, 0.3) is 11.5 Å². The summed E-state index contributed by atoms with van der Waals surface area (Å²) in [5, 5.41) is 13.6. The average Bonchev–Trinajstić information content (AvgIpc) is 3.30. The first-order valence-corrected chi connectivity index (χ1v) is 8.65. The van der Waals surface area contributed by atoms with Gasteiger partial charge in [0.25, 0.3) is 5.89 Å². The van der Waals surface area contributed by atoms with E-state index in [1.165, 1.54) is 12.3 Å². The van der Waals surface area contributed by atoms with Crippen molar-refractivity contribution in [1.82, 2.24) is 25.5 Å². The van der Waals surface area contributed by atoms with E-state index in [4.69, 9.17) is 4.42 Å². The summed E-state index contributed by atoms with van der Waals surface area (Å²) in [5.74, 6) is 0.565. The van der Waals surface area contributed by atoms with Crippen molar-refractivity contribution in [2.24, 2.45) is 0 Å². The average molecular weight is 404 g/mol. The molecule has 8 nitrogen and oxygen atoms in total. The van der Waals surface area contributed by atoms with Crippen molar-refractivity contribution in [1.29, 1.82) is 0 Å². The van der Waals surface area contributed by atoms with E-state index in [9.17, 15) is 18.0 Å². The van der Waals surface area contributed by atoms with Gasteiger partial charge >= 0.3 is 6.18 Å². The molecule has 1 aliphatic heterocycles. The number of amides is 1. The highest BCUT2D eigenvalue weighted by Crippen LogP contribution is 2.34. The van der Waals surface area contributed by atoms with E-state index in [2.05, 4.69) is 30.8 Å². The molecule has 0 bridgehead atoms. The minimum absolute atomic E-state index is 0.128. The first-order chi connectivity index (χ1) is 13.8. The van der Waals surface area contributed by atoms with Gasteiger partial charge in [0.05, 0.1) is 11.1 Å². The molecule has 0 saturated carbocycles. The molecular formula is C18H15F3N6O2. The van der Waals surface area contributed by atoms with Gasteiger partial charge in [-0.25, -0.2) is 9.97 Å². The molecule has 0 aliphatic carbocycles. The maximum Gasteiger partial charge on any atom is 0.417 e. The number of hydrogen-bond donors (Lipinski definition) is 2. The Hall–Kier alpha value is -3.50. The van der Waals surface area contributed by atoms with Gasteiger partial charge in [0.1, 0.15) is 17.1 Å². The summed E-state index contributed by atoms with van der Waals surface area (Å²) in [6, 6.07) is 5.43. The van der Waals surface area contributed by atoms with Crippen LogP contribution in [0.3, 0.4) is 0 Å². The van der Waals surface area contributed by atoms with E-state index in [1.54, 1.807) is 19.1 Å². The van der Waals surface area contributed by atoms with Crippen molar-refractivity contribution in [3.63, 3.8) is 0 Å². The largest absolute Gasteiger partial charge is 0.419 e. The highest BCUT2D eigenvalue weighted by molar-refractivity contribution is 5.88. The summed E-state index contributed by atoms with van der Waals surface area (Å²) in [6.07, 6.45) is -1.71. The number of rotatable bonds is 4. The van der Waals surface area contributed by atoms with Crippen LogP contribution in [0.4, 0.5) is 24.8 Å². The molecule has 11 heteroatoms. The molecule has 1 fully saturated rings. The number of anilines is 2. The first kappa shape index (κ1) is 18.8. The molecular weight excluding hydrogens is 389 g/mol. The van der Waals surface area contributed by atoms with Gasteiger partial charge in [-0.05, 0) is 37.6 Å². The third kappa shape index (κ3) is 3.50. The SMILES string of the molecule is C[C@@]1(c2nnc(-c3cccnc3Nc3ccc(C(F)(F)F)cn3)o2)CCNC1=O. The minimum Gasteiger partial charge on any atom is -0.419 e. The molecule has 1 atom stereocenters. The molecule has 0 unspecified atom stereocenters. The standard InChI is InChI=1S/C18H15F3N6O2/c1-17(6-8-23-15(17)28)16-27-26-14(29-16)11-3-2-7-22-13(11)25-12-5-4-10(9-24-12)18(19,20)21/h2-5,7,9H,6,8H2,1H3,(H,23,28)(H,22,24,25)/t17-/m1/s1. The fraction of sp³-hybridized carbons (Fsp3) is 0.278. The predicted octanol–water partition coefficient (Wildman–Crippen LogP) is 3.07. The van der Waals surface area contributed by atoms with Gasteiger partial charge in [0.15, 0.2) is 0 Å². The second-order valence-electron chi connectivity index (χ2n) is 6.70. The summed E-state index contributed by atoms with van der Waals surface area (Å²) in [5.41, 5.74) is -1.33. The number of pyridine rings is 2. The minimum atomic E-state index is -4.47. The lowest BCUT2D eigenvalue weighted by atomic mass is 9.89. The highest BCUT2D eigenvalue weighted by Gasteiger charge is 2.44. The zero-order chi connectivity index (χ0) is 20.6. The van der Waals surface area contributed by atoms with Gasteiger partial charge in [-0.15, -0.1) is 10.2 Å². The summed E-state index contributed by atoms with van der Waals surface area (Å²) >= 11 is 0. The first-order valence-electron chi connectivity index (χ1n) is 8.65. The normalized spacial score (nSPS) is 19.2. The quantitative estimate of drug-likeness (QED) is 0.688. The van der Waals surface area contributed by atoms with Gasteiger partial charge in [0.2, 0.25) is 11.8 Å². The Bertz CT molecular complexity index is 1050. The van der Waals surface area contributed by atoms with Crippen LogP contribution in [0.5, 0.6) is 0 Å². The molecule has 3 aromatic rings. The van der Waals surface area contributed by atoms with E-state index in [-0.39, 0.29) is 29.3 Å². The van der Waals surface area contributed by atoms with E-state index in [0.29, 0.717) is 18.5 Å². The molecule has 0 aromatic carbocycles. The fourth-order valence-electron chi connectivity index (χ4n) is 2.93. The van der Waals surface area contributed by atoms with Crippen molar-refractivity contribution in [3.8, 4) is 11.5 Å². The molecule has 1 amide bonds. The van der Waals surface area contributed by atoms with Crippen molar-refractivity contribution >= 4 is 17.5 Å². The second kappa shape index (κ2) is 6.83. The van der Waals surface area contributed by atoms with Crippen LogP contribution in [0.2, 0.25) is 0 Å². The van der Waals surface area contributed by atoms with E-state index >= 15 is 0 Å². The maximum atomic E-state index is 12.7. The third-order valence-corrected chi connectivity index (χ3v) is 4.68. The smallest absolute Gasteiger partial charge is 0.417 e. The van der Waals surface area contributed by atoms with Gasteiger partial charge < -0.3 is 15.1 Å². The van der Waals surface area contributed by atoms with Gasteiger partial charge in [-0.3, -0.25) is 4.79 Å². The summed E-state index contributed by atoms with van der Waals surface area (Å²) in [6.45, 7) is 2.24. The second-order valence-corrected chi connectivity index (χ2v) is 6.70. The molecule has 29 heavy (non-hydrogen) atoms. The monoisotopic (exact) mass is 404 g/mol. The fourth-order valence-corrected chi connectivity index (χ4v) is 2.93. The summed E-state index contributed by atoms with van der Waals surface area (Å²) in [7, 11) is 0. The molecule has 1 saturated heterocycles. The van der Waals surface area contributed by atoms with E-state index < -0.39 is 17.2 Å². The highest BCUT2D eigenvalue weighted by atomic mass is 19.4. The van der Waals surface area contributed by atoms with Crippen LogP contribution in [-0.2, 0) is 16.4 Å². The number of aromatic nitrogens is 4. The number of alkyl halides is 3. The van der Waals surface area contributed by atoms with Crippen LogP contribution < -0.4 is 10.6 Å². The number of carbonyl (C=O) groups is 1. The summed E-state index contributed by atoms with van der Waals surface area (Å²) in [4.78, 5) is 20.1. The Morgan fingerprint density at radius 2 is 2.03 bits per heavy atom. The topological polar surface area (TPSA) is 106 Å². The predicted molar refractivity (Wildman–Crippen MR) is 95.0 cm³/mol. The number of hydrogen-bond acceptors (Lipinski definition) is 7. The zero-order valence-electron chi connectivity index (χ0n) is 15.1. The zero-order valence-corrected chi connectivity index (χ0v) is 15.1. The molecule has 150 valence electrons. The number of nitrogens with zero attached hydrogens (tertiary/aromatic N) is 4. The van der Waals surface area contributed by atoms with E-state index in [1.807, 2.05) is 0 Å². The molecule has 0 spiro atoms. The van der Waals surface area contributed by atoms with Crippen molar-refractivity contribution in [2.75, 3.05) is 11.9 Å². The van der Waals surface area contributed by atoms with Crippen LogP contribution in [0, 0.1) is 0 Å². The molecule has 3 aromatic heterocycles. The number of carbonyl (C=O) groups excluding carboxylic acids is 1. The third-order valence-electron chi connectivity index (χ3n) is 4.68. The van der Waals surface area contributed by atoms with Gasteiger partial charge in [-0.2, -0.15) is 13.2 Å². The Morgan fingerprint density at radius 1 is 1.21 bits per heavy atom. The molecule has 4 rings (SSSR count). The van der Waals surface area contributed by atoms with E-state index in [0.717, 1.165) is 12.3 Å². The lowest BCUT2D eigenvalue weighted by Crippen LogP contribution is -2.32. The lowest BCUT2D eigenvalue weighted by molar-refractivity contribution is -0.137. The van der Waals surface area contributed by atoms with Crippen LogP contribution in [0.15, 0.2) is 41.1 Å².